The van der Waals surface area contributed by atoms with Crippen molar-refractivity contribution >= 4 is 0 Å². The average molecular weight is 482 g/mol. The van der Waals surface area contributed by atoms with Crippen LogP contribution >= 0.6 is 0 Å². The van der Waals surface area contributed by atoms with E-state index in [9.17, 15) is 4.79 Å². The predicted molar refractivity (Wildman–Crippen MR) is 137 cm³/mol. The molecule has 2 aromatic carbocycles. The maximum atomic E-state index is 13.4. The van der Waals surface area contributed by atoms with Crippen LogP contribution in [0, 0.1) is 0 Å². The summed E-state index contributed by atoms with van der Waals surface area (Å²) < 4.78 is 9.12. The zero-order valence-corrected chi connectivity index (χ0v) is 20.2. The van der Waals surface area contributed by atoms with Crippen LogP contribution in [-0.4, -0.2) is 41.9 Å². The number of ether oxygens (including phenoxy) is 1. The fourth-order valence-electron chi connectivity index (χ4n) is 4.52. The van der Waals surface area contributed by atoms with Crippen molar-refractivity contribution in [2.75, 3.05) is 7.11 Å². The normalized spacial score (nSPS) is 11.9. The number of tetrazole rings is 1. The molecule has 0 aliphatic rings. The van der Waals surface area contributed by atoms with Crippen molar-refractivity contribution in [2.24, 2.45) is 0 Å². The maximum absolute atomic E-state index is 13.4. The fourth-order valence-corrected chi connectivity index (χ4v) is 4.52. The number of methoxy groups -OCH3 is 1. The highest BCUT2D eigenvalue weighted by molar-refractivity contribution is 5.77. The van der Waals surface area contributed by atoms with Crippen LogP contribution in [-0.2, 0) is 6.54 Å². The Labute approximate surface area is 208 Å². The van der Waals surface area contributed by atoms with Crippen molar-refractivity contribution in [3.05, 3.63) is 101 Å². The van der Waals surface area contributed by atoms with E-state index in [1.165, 1.54) is 0 Å². The van der Waals surface area contributed by atoms with Gasteiger partial charge in [0.1, 0.15) is 11.4 Å². The predicted octanol–water partition coefficient (Wildman–Crippen LogP) is 4.34. The molecule has 0 radical (unpaired) electrons. The zero-order valence-electron chi connectivity index (χ0n) is 20.2. The van der Waals surface area contributed by atoms with Crippen molar-refractivity contribution in [1.29, 1.82) is 0 Å². The monoisotopic (exact) mass is 481 g/mol. The van der Waals surface area contributed by atoms with E-state index in [4.69, 9.17) is 4.74 Å². The molecule has 0 fully saturated rings. The Morgan fingerprint density at radius 3 is 2.61 bits per heavy atom. The second-order valence-corrected chi connectivity index (χ2v) is 8.51. The maximum Gasteiger partial charge on any atom is 0.329 e. The van der Waals surface area contributed by atoms with Gasteiger partial charge in [0, 0.05) is 29.7 Å². The van der Waals surface area contributed by atoms with E-state index in [2.05, 4.69) is 32.5 Å². The Bertz CT molecular complexity index is 1490. The molecule has 5 rings (SSSR count). The smallest absolute Gasteiger partial charge is 0.329 e. The summed E-state index contributed by atoms with van der Waals surface area (Å²) in [6, 6.07) is 19.8. The number of H-pyrrole nitrogens is 1. The Balaban J connectivity index is 1.40. The minimum Gasteiger partial charge on any atom is -0.496 e. The van der Waals surface area contributed by atoms with E-state index < -0.39 is 0 Å². The lowest BCUT2D eigenvalue weighted by Crippen LogP contribution is -2.28. The molecule has 36 heavy (non-hydrogen) atoms. The molecule has 3 aromatic heterocycles. The first-order chi connectivity index (χ1) is 17.7. The van der Waals surface area contributed by atoms with Crippen molar-refractivity contribution in [1.82, 2.24) is 34.7 Å². The van der Waals surface area contributed by atoms with Crippen LogP contribution < -0.4 is 10.4 Å². The molecule has 0 aliphatic heterocycles. The van der Waals surface area contributed by atoms with Gasteiger partial charge in [-0.1, -0.05) is 61.9 Å². The number of para-hydroxylation sites is 1. The number of pyridine rings is 1. The van der Waals surface area contributed by atoms with Gasteiger partial charge in [-0.05, 0) is 40.1 Å². The molecular formula is C27H27N7O2. The van der Waals surface area contributed by atoms with Gasteiger partial charge in [-0.25, -0.2) is 9.89 Å². The molecule has 1 N–H and O–H groups in total. The molecule has 0 saturated carbocycles. The summed E-state index contributed by atoms with van der Waals surface area (Å²) >= 11 is 0. The summed E-state index contributed by atoms with van der Waals surface area (Å²) in [6.45, 7) is 2.60. The molecule has 182 valence electrons. The Hall–Kier alpha value is -4.53. The highest BCUT2D eigenvalue weighted by atomic mass is 16.5. The number of benzene rings is 2. The first kappa shape index (κ1) is 23.2. The molecule has 0 spiro atoms. The topological polar surface area (TPSA) is 104 Å². The van der Waals surface area contributed by atoms with Crippen LogP contribution in [0.25, 0.3) is 22.6 Å². The van der Waals surface area contributed by atoms with Crippen LogP contribution in [0.3, 0.4) is 0 Å². The molecular weight excluding hydrogens is 454 g/mol. The van der Waals surface area contributed by atoms with Gasteiger partial charge in [-0.2, -0.15) is 0 Å². The standard InChI is InChI=1S/C27H27N7O2/c1-3-7-23(22-8-4-5-10-24(22)36-2)34-17-16-33(27(34)35)18-19-11-13-20(14-12-19)21-9-6-15-28-25(21)26-29-31-32-30-26/h4-6,8-17,23H,3,7,18H2,1-2H3,(H,29,30,31,32). The Morgan fingerprint density at radius 1 is 1.03 bits per heavy atom. The third kappa shape index (κ3) is 4.55. The summed E-state index contributed by atoms with van der Waals surface area (Å²) in [7, 11) is 1.66. The molecule has 1 unspecified atom stereocenters. The quantitative estimate of drug-likeness (QED) is 0.336. The molecule has 9 nitrogen and oxygen atoms in total. The highest BCUT2D eigenvalue weighted by Gasteiger charge is 2.20. The summed E-state index contributed by atoms with van der Waals surface area (Å²) in [5.41, 5.74) is 4.58. The largest absolute Gasteiger partial charge is 0.496 e. The zero-order chi connectivity index (χ0) is 24.9. The second-order valence-electron chi connectivity index (χ2n) is 8.51. The first-order valence-corrected chi connectivity index (χ1v) is 11.9. The summed E-state index contributed by atoms with van der Waals surface area (Å²) in [4.78, 5) is 17.8. The number of nitrogens with one attached hydrogen (secondary N) is 1. The number of nitrogens with zero attached hydrogens (tertiary/aromatic N) is 6. The molecule has 5 aromatic rings. The van der Waals surface area contributed by atoms with E-state index in [1.54, 1.807) is 17.9 Å². The summed E-state index contributed by atoms with van der Waals surface area (Å²) in [5.74, 6) is 1.31. The molecule has 9 heteroatoms. The molecule has 3 heterocycles. The lowest BCUT2D eigenvalue weighted by Gasteiger charge is -2.20. The number of hydrogen-bond donors (Lipinski definition) is 1. The molecule has 1 atom stereocenters. The summed E-state index contributed by atoms with van der Waals surface area (Å²) in [5, 5.41) is 14.1. The third-order valence-electron chi connectivity index (χ3n) is 6.26. The average Bonchev–Trinajstić information content (AvgIpc) is 3.59. The summed E-state index contributed by atoms with van der Waals surface area (Å²) in [6.07, 6.45) is 7.22. The van der Waals surface area contributed by atoms with E-state index in [-0.39, 0.29) is 11.7 Å². The van der Waals surface area contributed by atoms with Crippen LogP contribution in [0.2, 0.25) is 0 Å². The molecule has 0 aliphatic carbocycles. The third-order valence-corrected chi connectivity index (χ3v) is 6.26. The van der Waals surface area contributed by atoms with Gasteiger partial charge in [0.25, 0.3) is 0 Å². The second kappa shape index (κ2) is 10.4. The van der Waals surface area contributed by atoms with Crippen LogP contribution in [0.15, 0.2) is 84.0 Å². The van der Waals surface area contributed by atoms with Gasteiger partial charge in [-0.3, -0.25) is 14.1 Å². The number of aromatic nitrogens is 7. The van der Waals surface area contributed by atoms with Gasteiger partial charge in [0.05, 0.1) is 19.7 Å². The van der Waals surface area contributed by atoms with Crippen LogP contribution in [0.4, 0.5) is 0 Å². The molecule has 0 saturated heterocycles. The van der Waals surface area contributed by atoms with Gasteiger partial charge in [0.2, 0.25) is 0 Å². The van der Waals surface area contributed by atoms with Gasteiger partial charge in [-0.15, -0.1) is 5.10 Å². The minimum absolute atomic E-state index is 0.0456. The Kier molecular flexibility index (Phi) is 6.70. The van der Waals surface area contributed by atoms with Gasteiger partial charge < -0.3 is 4.74 Å². The number of rotatable bonds is 9. The van der Waals surface area contributed by atoms with Gasteiger partial charge >= 0.3 is 5.69 Å². The fraction of sp³-hybridized carbons (Fsp3) is 0.222. The van der Waals surface area contributed by atoms with Crippen molar-refractivity contribution in [3.63, 3.8) is 0 Å². The van der Waals surface area contributed by atoms with Crippen molar-refractivity contribution in [3.8, 4) is 28.4 Å². The number of imidazole rings is 1. The number of aromatic amines is 1. The van der Waals surface area contributed by atoms with E-state index >= 15 is 0 Å². The highest BCUT2D eigenvalue weighted by Crippen LogP contribution is 2.31. The van der Waals surface area contributed by atoms with E-state index in [0.717, 1.165) is 40.8 Å². The minimum atomic E-state index is -0.0862. The van der Waals surface area contributed by atoms with E-state index in [1.807, 2.05) is 77.6 Å². The Morgan fingerprint density at radius 2 is 1.86 bits per heavy atom. The lowest BCUT2D eigenvalue weighted by molar-refractivity contribution is 0.395. The van der Waals surface area contributed by atoms with Crippen molar-refractivity contribution < 1.29 is 4.74 Å². The van der Waals surface area contributed by atoms with Crippen molar-refractivity contribution in [2.45, 2.75) is 32.4 Å². The van der Waals surface area contributed by atoms with Crippen LogP contribution in [0.1, 0.15) is 36.9 Å². The molecule has 0 amide bonds. The molecule has 0 bridgehead atoms. The van der Waals surface area contributed by atoms with E-state index in [0.29, 0.717) is 18.1 Å². The number of hydrogen-bond acceptors (Lipinski definition) is 6. The van der Waals surface area contributed by atoms with Crippen LogP contribution in [0.5, 0.6) is 5.75 Å². The first-order valence-electron chi connectivity index (χ1n) is 11.9. The van der Waals surface area contributed by atoms with Gasteiger partial charge in [0.15, 0.2) is 5.82 Å². The SMILES string of the molecule is CCCC(c1ccccc1OC)n1ccn(Cc2ccc(-c3cccnc3-c3nnn[nH]3)cc2)c1=O. The lowest BCUT2D eigenvalue weighted by atomic mass is 10.0.